The molecule has 1 heterocycles. The van der Waals surface area contributed by atoms with E-state index in [1.165, 1.54) is 12.8 Å². The van der Waals surface area contributed by atoms with Crippen molar-refractivity contribution in [2.75, 3.05) is 19.7 Å². The van der Waals surface area contributed by atoms with Crippen LogP contribution in [0.1, 0.15) is 40.0 Å². The molecule has 3 heteroatoms. The molecule has 1 aliphatic heterocycles. The van der Waals surface area contributed by atoms with Crippen molar-refractivity contribution in [3.63, 3.8) is 0 Å². The maximum Gasteiger partial charge on any atom is 0.0958 e. The van der Waals surface area contributed by atoms with Gasteiger partial charge in [-0.05, 0) is 20.3 Å². The lowest BCUT2D eigenvalue weighted by atomic mass is 10.1. The summed E-state index contributed by atoms with van der Waals surface area (Å²) in [6.07, 6.45) is 4.42. The molecule has 3 unspecified atom stereocenters. The number of unbranched alkanes of at least 4 members (excludes halogenated alkanes) is 1. The van der Waals surface area contributed by atoms with Crippen LogP contribution in [0.2, 0.25) is 0 Å². The minimum atomic E-state index is 0.199. The molecule has 0 aliphatic carbocycles. The van der Waals surface area contributed by atoms with E-state index < -0.39 is 0 Å². The molecule has 1 saturated heterocycles. The Hall–Kier alpha value is -0.120. The van der Waals surface area contributed by atoms with Gasteiger partial charge in [0.1, 0.15) is 0 Å². The van der Waals surface area contributed by atoms with Crippen molar-refractivity contribution in [1.29, 1.82) is 0 Å². The van der Waals surface area contributed by atoms with Crippen molar-refractivity contribution in [2.45, 2.75) is 58.3 Å². The zero-order chi connectivity index (χ0) is 11.1. The summed E-state index contributed by atoms with van der Waals surface area (Å²) in [6, 6.07) is 0. The molecular formula is C12H25NO2. The molecule has 0 radical (unpaired) electrons. The van der Waals surface area contributed by atoms with E-state index in [1.807, 2.05) is 0 Å². The summed E-state index contributed by atoms with van der Waals surface area (Å²) in [4.78, 5) is 0. The second kappa shape index (κ2) is 7.20. The summed E-state index contributed by atoms with van der Waals surface area (Å²) in [5, 5.41) is 3.33. The lowest BCUT2D eigenvalue weighted by Gasteiger charge is -2.30. The highest BCUT2D eigenvalue weighted by Gasteiger charge is 2.22. The van der Waals surface area contributed by atoms with Crippen LogP contribution in [0.3, 0.4) is 0 Å². The van der Waals surface area contributed by atoms with Crippen molar-refractivity contribution >= 4 is 0 Å². The van der Waals surface area contributed by atoms with E-state index in [9.17, 15) is 0 Å². The predicted molar refractivity (Wildman–Crippen MR) is 62.1 cm³/mol. The SMILES string of the molecule is CCCCC(C)OC(C)C1CNCCO1. The standard InChI is InChI=1S/C12H25NO2/c1-4-5-6-10(2)15-11(3)12-9-13-7-8-14-12/h10-13H,4-9H2,1-3H3. The third-order valence-electron chi connectivity index (χ3n) is 2.89. The van der Waals surface area contributed by atoms with Gasteiger partial charge in [-0.1, -0.05) is 19.8 Å². The fraction of sp³-hybridized carbons (Fsp3) is 1.00. The van der Waals surface area contributed by atoms with Gasteiger partial charge < -0.3 is 14.8 Å². The molecule has 0 saturated carbocycles. The minimum absolute atomic E-state index is 0.199. The monoisotopic (exact) mass is 215 g/mol. The van der Waals surface area contributed by atoms with Crippen molar-refractivity contribution in [3.8, 4) is 0 Å². The topological polar surface area (TPSA) is 30.5 Å². The van der Waals surface area contributed by atoms with Gasteiger partial charge in [0, 0.05) is 13.1 Å². The fourth-order valence-corrected chi connectivity index (χ4v) is 1.90. The number of ether oxygens (including phenoxy) is 2. The Morgan fingerprint density at radius 3 is 2.87 bits per heavy atom. The summed E-state index contributed by atoms with van der Waals surface area (Å²) in [5.41, 5.74) is 0. The molecule has 0 spiro atoms. The van der Waals surface area contributed by atoms with Gasteiger partial charge in [0.25, 0.3) is 0 Å². The second-order valence-corrected chi connectivity index (χ2v) is 4.41. The normalized spacial score (nSPS) is 26.2. The van der Waals surface area contributed by atoms with Crippen LogP contribution in [0.4, 0.5) is 0 Å². The molecule has 1 fully saturated rings. The van der Waals surface area contributed by atoms with Gasteiger partial charge >= 0.3 is 0 Å². The van der Waals surface area contributed by atoms with Crippen LogP contribution in [0, 0.1) is 0 Å². The average Bonchev–Trinajstić information content (AvgIpc) is 2.27. The molecule has 3 atom stereocenters. The molecule has 1 N–H and O–H groups in total. The van der Waals surface area contributed by atoms with Gasteiger partial charge in [0.05, 0.1) is 24.9 Å². The van der Waals surface area contributed by atoms with E-state index in [4.69, 9.17) is 9.47 Å². The molecular weight excluding hydrogens is 190 g/mol. The first-order valence-electron chi connectivity index (χ1n) is 6.21. The van der Waals surface area contributed by atoms with E-state index >= 15 is 0 Å². The van der Waals surface area contributed by atoms with Crippen molar-refractivity contribution in [3.05, 3.63) is 0 Å². The minimum Gasteiger partial charge on any atom is -0.373 e. The van der Waals surface area contributed by atoms with Crippen LogP contribution in [0.25, 0.3) is 0 Å². The maximum absolute atomic E-state index is 5.93. The molecule has 0 aromatic heterocycles. The quantitative estimate of drug-likeness (QED) is 0.734. The predicted octanol–water partition coefficient (Wildman–Crippen LogP) is 1.96. The Morgan fingerprint density at radius 2 is 2.27 bits per heavy atom. The highest BCUT2D eigenvalue weighted by atomic mass is 16.5. The molecule has 1 rings (SSSR count). The van der Waals surface area contributed by atoms with E-state index in [0.29, 0.717) is 6.10 Å². The molecule has 3 nitrogen and oxygen atoms in total. The molecule has 15 heavy (non-hydrogen) atoms. The Labute approximate surface area is 93.5 Å². The third kappa shape index (κ3) is 4.96. The Kier molecular flexibility index (Phi) is 6.22. The Morgan fingerprint density at radius 1 is 1.47 bits per heavy atom. The largest absolute Gasteiger partial charge is 0.373 e. The van der Waals surface area contributed by atoms with Crippen LogP contribution < -0.4 is 5.32 Å². The molecule has 0 bridgehead atoms. The zero-order valence-electron chi connectivity index (χ0n) is 10.3. The van der Waals surface area contributed by atoms with Crippen LogP contribution in [-0.2, 0) is 9.47 Å². The summed E-state index contributed by atoms with van der Waals surface area (Å²) >= 11 is 0. The number of hydrogen-bond acceptors (Lipinski definition) is 3. The van der Waals surface area contributed by atoms with Crippen molar-refractivity contribution in [2.24, 2.45) is 0 Å². The average molecular weight is 215 g/mol. The number of morpholine rings is 1. The van der Waals surface area contributed by atoms with Crippen molar-refractivity contribution in [1.82, 2.24) is 5.32 Å². The van der Waals surface area contributed by atoms with Gasteiger partial charge in [0.15, 0.2) is 0 Å². The summed E-state index contributed by atoms with van der Waals surface area (Å²) in [5.74, 6) is 0. The lowest BCUT2D eigenvalue weighted by molar-refractivity contribution is -0.0996. The molecule has 0 aromatic rings. The van der Waals surface area contributed by atoms with Gasteiger partial charge in [0.2, 0.25) is 0 Å². The fourth-order valence-electron chi connectivity index (χ4n) is 1.90. The lowest BCUT2D eigenvalue weighted by Crippen LogP contribution is -2.45. The second-order valence-electron chi connectivity index (χ2n) is 4.41. The van der Waals surface area contributed by atoms with E-state index in [-0.39, 0.29) is 12.2 Å². The highest BCUT2D eigenvalue weighted by Crippen LogP contribution is 2.12. The van der Waals surface area contributed by atoms with E-state index in [1.54, 1.807) is 0 Å². The summed E-state index contributed by atoms with van der Waals surface area (Å²) in [7, 11) is 0. The summed E-state index contributed by atoms with van der Waals surface area (Å²) < 4.78 is 11.6. The smallest absolute Gasteiger partial charge is 0.0958 e. The van der Waals surface area contributed by atoms with Crippen LogP contribution >= 0.6 is 0 Å². The first kappa shape index (κ1) is 12.9. The highest BCUT2D eigenvalue weighted by molar-refractivity contribution is 4.74. The van der Waals surface area contributed by atoms with Gasteiger partial charge in [-0.25, -0.2) is 0 Å². The zero-order valence-corrected chi connectivity index (χ0v) is 10.3. The molecule has 1 aliphatic rings. The first-order chi connectivity index (χ1) is 7.24. The van der Waals surface area contributed by atoms with Gasteiger partial charge in [-0.15, -0.1) is 0 Å². The molecule has 90 valence electrons. The summed E-state index contributed by atoms with van der Waals surface area (Å²) in [6.45, 7) is 9.17. The number of nitrogens with one attached hydrogen (secondary N) is 1. The van der Waals surface area contributed by atoms with Crippen molar-refractivity contribution < 1.29 is 9.47 Å². The number of rotatable bonds is 6. The van der Waals surface area contributed by atoms with E-state index in [2.05, 4.69) is 26.1 Å². The first-order valence-corrected chi connectivity index (χ1v) is 6.21. The van der Waals surface area contributed by atoms with Gasteiger partial charge in [-0.3, -0.25) is 0 Å². The van der Waals surface area contributed by atoms with Crippen LogP contribution in [-0.4, -0.2) is 38.0 Å². The molecule has 0 amide bonds. The Bertz CT molecular complexity index is 158. The Balaban J connectivity index is 2.17. The molecule has 0 aromatic carbocycles. The van der Waals surface area contributed by atoms with E-state index in [0.717, 1.165) is 26.1 Å². The third-order valence-corrected chi connectivity index (χ3v) is 2.89. The van der Waals surface area contributed by atoms with Crippen LogP contribution in [0.15, 0.2) is 0 Å². The number of hydrogen-bond donors (Lipinski definition) is 1. The maximum atomic E-state index is 5.93. The van der Waals surface area contributed by atoms with Gasteiger partial charge in [-0.2, -0.15) is 0 Å². The van der Waals surface area contributed by atoms with Crippen LogP contribution in [0.5, 0.6) is 0 Å².